The van der Waals surface area contributed by atoms with Crippen molar-refractivity contribution >= 4 is 15.9 Å². The Balaban J connectivity index is 3.06. The first-order valence-electron chi connectivity index (χ1n) is 5.05. The summed E-state index contributed by atoms with van der Waals surface area (Å²) in [6.45, 7) is 5.37. The van der Waals surface area contributed by atoms with E-state index in [1.165, 1.54) is 6.07 Å². The number of hydrogen-bond donors (Lipinski definition) is 2. The Morgan fingerprint density at radius 2 is 1.81 bits per heavy atom. The maximum atomic E-state index is 13.7. The zero-order valence-electron chi connectivity index (χ0n) is 9.54. The van der Waals surface area contributed by atoms with Crippen LogP contribution in [0.2, 0.25) is 0 Å². The summed E-state index contributed by atoms with van der Waals surface area (Å²) in [5.41, 5.74) is -0.398. The number of benzene rings is 1. The van der Waals surface area contributed by atoms with E-state index in [-0.39, 0.29) is 10.0 Å². The average Bonchev–Trinajstić information content (AvgIpc) is 2.18. The molecule has 0 saturated heterocycles. The van der Waals surface area contributed by atoms with Crippen molar-refractivity contribution in [3.8, 4) is 0 Å². The van der Waals surface area contributed by atoms with Crippen LogP contribution in [-0.2, 0) is 0 Å². The Morgan fingerprint density at radius 3 is 2.31 bits per heavy atom. The summed E-state index contributed by atoms with van der Waals surface area (Å²) < 4.78 is 14.0. The summed E-state index contributed by atoms with van der Waals surface area (Å²) in [6, 6.07) is 4.65. The van der Waals surface area contributed by atoms with E-state index >= 15 is 0 Å². The fourth-order valence-corrected chi connectivity index (χ4v) is 1.77. The topological polar surface area (TPSA) is 40.5 Å². The van der Waals surface area contributed by atoms with Crippen LogP contribution in [0.1, 0.15) is 32.4 Å². The molecule has 16 heavy (non-hydrogen) atoms. The molecule has 4 heteroatoms. The molecule has 2 atom stereocenters. The van der Waals surface area contributed by atoms with Gasteiger partial charge >= 0.3 is 0 Å². The Hall–Kier alpha value is -0.450. The van der Waals surface area contributed by atoms with Crippen molar-refractivity contribution in [2.75, 3.05) is 0 Å². The van der Waals surface area contributed by atoms with Gasteiger partial charge in [0, 0.05) is 5.56 Å². The van der Waals surface area contributed by atoms with Gasteiger partial charge in [-0.3, -0.25) is 0 Å². The second-order valence-corrected chi connectivity index (χ2v) is 5.75. The number of aliphatic hydroxyl groups is 2. The Kier molecular flexibility index (Phi) is 4.10. The van der Waals surface area contributed by atoms with Crippen LogP contribution in [0, 0.1) is 11.2 Å². The second-order valence-electron chi connectivity index (χ2n) is 4.90. The van der Waals surface area contributed by atoms with E-state index in [0.717, 1.165) is 0 Å². The number of halogens is 2. The lowest BCUT2D eigenvalue weighted by Crippen LogP contribution is -2.32. The lowest BCUT2D eigenvalue weighted by molar-refractivity contribution is -0.0472. The van der Waals surface area contributed by atoms with Crippen LogP contribution in [0.25, 0.3) is 0 Å². The van der Waals surface area contributed by atoms with E-state index in [1.807, 2.05) is 0 Å². The van der Waals surface area contributed by atoms with E-state index < -0.39 is 23.4 Å². The van der Waals surface area contributed by atoms with E-state index in [4.69, 9.17) is 0 Å². The first kappa shape index (κ1) is 13.6. The van der Waals surface area contributed by atoms with Crippen LogP contribution in [0.3, 0.4) is 0 Å². The lowest BCUT2D eigenvalue weighted by atomic mass is 9.83. The summed E-state index contributed by atoms with van der Waals surface area (Å²) in [7, 11) is 0. The van der Waals surface area contributed by atoms with Crippen molar-refractivity contribution in [2.45, 2.75) is 33.0 Å². The summed E-state index contributed by atoms with van der Waals surface area (Å²) in [5, 5.41) is 19.8. The lowest BCUT2D eigenvalue weighted by Gasteiger charge is -2.30. The molecule has 2 unspecified atom stereocenters. The minimum atomic E-state index is -1.22. The number of hydrogen-bond acceptors (Lipinski definition) is 2. The van der Waals surface area contributed by atoms with Gasteiger partial charge in [-0.15, -0.1) is 0 Å². The average molecular weight is 291 g/mol. The Morgan fingerprint density at radius 1 is 1.25 bits per heavy atom. The molecular weight excluding hydrogens is 275 g/mol. The minimum Gasteiger partial charge on any atom is -0.390 e. The molecule has 0 aliphatic rings. The van der Waals surface area contributed by atoms with Gasteiger partial charge < -0.3 is 10.2 Å². The third-order valence-corrected chi connectivity index (χ3v) is 3.10. The van der Waals surface area contributed by atoms with Crippen molar-refractivity contribution in [3.63, 3.8) is 0 Å². The molecule has 0 saturated carbocycles. The van der Waals surface area contributed by atoms with E-state index in [1.54, 1.807) is 32.9 Å². The second kappa shape index (κ2) is 4.82. The highest BCUT2D eigenvalue weighted by Crippen LogP contribution is 2.32. The summed E-state index contributed by atoms with van der Waals surface area (Å²) >= 11 is 3.05. The molecular formula is C12H16BrFO2. The smallest absolute Gasteiger partial charge is 0.143 e. The van der Waals surface area contributed by atoms with Crippen molar-refractivity contribution in [3.05, 3.63) is 34.1 Å². The molecule has 90 valence electrons. The summed E-state index contributed by atoms with van der Waals surface area (Å²) in [5.74, 6) is -0.529. The summed E-state index contributed by atoms with van der Waals surface area (Å²) in [4.78, 5) is 0. The molecule has 0 aliphatic carbocycles. The monoisotopic (exact) mass is 290 g/mol. The van der Waals surface area contributed by atoms with Gasteiger partial charge in [-0.2, -0.15) is 0 Å². The molecule has 0 aliphatic heterocycles. The quantitative estimate of drug-likeness (QED) is 0.879. The zero-order chi connectivity index (χ0) is 12.5. The van der Waals surface area contributed by atoms with Crippen LogP contribution < -0.4 is 0 Å². The van der Waals surface area contributed by atoms with Crippen molar-refractivity contribution in [1.29, 1.82) is 0 Å². The summed E-state index contributed by atoms with van der Waals surface area (Å²) in [6.07, 6.45) is -2.24. The predicted molar refractivity (Wildman–Crippen MR) is 64.5 cm³/mol. The largest absolute Gasteiger partial charge is 0.390 e. The molecule has 0 amide bonds. The fraction of sp³-hybridized carbons (Fsp3) is 0.500. The molecule has 2 N–H and O–H groups in total. The van der Waals surface area contributed by atoms with E-state index in [0.29, 0.717) is 0 Å². The SMILES string of the molecule is CC(C)(C)C(O)C(O)c1cccc(Br)c1F. The Bertz CT molecular complexity index is 374. The molecule has 0 aromatic heterocycles. The molecule has 1 aromatic carbocycles. The zero-order valence-corrected chi connectivity index (χ0v) is 11.1. The van der Waals surface area contributed by atoms with Crippen LogP contribution in [0.15, 0.2) is 22.7 Å². The maximum absolute atomic E-state index is 13.7. The normalized spacial score (nSPS) is 15.9. The molecule has 1 aromatic rings. The van der Waals surface area contributed by atoms with Crippen molar-refractivity contribution in [1.82, 2.24) is 0 Å². The molecule has 1 rings (SSSR count). The van der Waals surface area contributed by atoms with Gasteiger partial charge in [0.25, 0.3) is 0 Å². The van der Waals surface area contributed by atoms with Gasteiger partial charge in [0.1, 0.15) is 11.9 Å². The van der Waals surface area contributed by atoms with Crippen molar-refractivity contribution in [2.24, 2.45) is 5.41 Å². The number of aliphatic hydroxyl groups excluding tert-OH is 2. The fourth-order valence-electron chi connectivity index (χ4n) is 1.39. The van der Waals surface area contributed by atoms with Crippen LogP contribution in [0.5, 0.6) is 0 Å². The van der Waals surface area contributed by atoms with Gasteiger partial charge in [-0.05, 0) is 27.4 Å². The first-order valence-corrected chi connectivity index (χ1v) is 5.84. The molecule has 2 nitrogen and oxygen atoms in total. The highest BCUT2D eigenvalue weighted by molar-refractivity contribution is 9.10. The third kappa shape index (κ3) is 2.81. The third-order valence-electron chi connectivity index (χ3n) is 2.49. The minimum absolute atomic E-state index is 0.108. The van der Waals surface area contributed by atoms with Crippen LogP contribution in [-0.4, -0.2) is 16.3 Å². The first-order chi connectivity index (χ1) is 7.25. The number of rotatable bonds is 2. The Labute approximate surface area is 103 Å². The molecule has 0 bridgehead atoms. The van der Waals surface area contributed by atoms with Gasteiger partial charge in [0.2, 0.25) is 0 Å². The van der Waals surface area contributed by atoms with Gasteiger partial charge in [-0.25, -0.2) is 4.39 Å². The van der Waals surface area contributed by atoms with Crippen molar-refractivity contribution < 1.29 is 14.6 Å². The molecule has 0 fully saturated rings. The highest BCUT2D eigenvalue weighted by atomic mass is 79.9. The maximum Gasteiger partial charge on any atom is 0.143 e. The van der Waals surface area contributed by atoms with E-state index in [9.17, 15) is 14.6 Å². The van der Waals surface area contributed by atoms with Crippen LogP contribution in [0.4, 0.5) is 4.39 Å². The van der Waals surface area contributed by atoms with E-state index in [2.05, 4.69) is 15.9 Å². The molecule has 0 radical (unpaired) electrons. The standard InChI is InChI=1S/C12H16BrFO2/c1-12(2,3)11(16)10(15)7-5-4-6-8(13)9(7)14/h4-6,10-11,15-16H,1-3H3. The van der Waals surface area contributed by atoms with Crippen LogP contribution >= 0.6 is 15.9 Å². The highest BCUT2D eigenvalue weighted by Gasteiger charge is 2.31. The predicted octanol–water partition coefficient (Wildman–Crippen LogP) is 3.03. The molecule has 0 spiro atoms. The van der Waals surface area contributed by atoms with Gasteiger partial charge in [-0.1, -0.05) is 32.9 Å². The van der Waals surface area contributed by atoms with Gasteiger partial charge in [0.05, 0.1) is 10.6 Å². The molecule has 0 heterocycles. The van der Waals surface area contributed by atoms with Gasteiger partial charge in [0.15, 0.2) is 0 Å².